The first-order chi connectivity index (χ1) is 15.2. The zero-order chi connectivity index (χ0) is 21.9. The predicted molar refractivity (Wildman–Crippen MR) is 142 cm³/mol. The molecule has 32 heavy (non-hydrogen) atoms. The van der Waals surface area contributed by atoms with E-state index in [1.54, 1.807) is 13.2 Å². The topological polar surface area (TPSA) is 69.1 Å². The van der Waals surface area contributed by atoms with Crippen LogP contribution >= 0.6 is 24.0 Å². The lowest BCUT2D eigenvalue weighted by Crippen LogP contribution is -2.38. The molecule has 0 aliphatic carbocycles. The van der Waals surface area contributed by atoms with Gasteiger partial charge in [-0.05, 0) is 68.1 Å². The number of phenolic OH excluding ortho intramolecular Hbond substituents is 1. The highest BCUT2D eigenvalue weighted by atomic mass is 127. The minimum absolute atomic E-state index is 0. The maximum atomic E-state index is 9.72. The summed E-state index contributed by atoms with van der Waals surface area (Å²) >= 11 is 0. The fourth-order valence-corrected chi connectivity index (χ4v) is 3.84. The highest BCUT2D eigenvalue weighted by Gasteiger charge is 2.10. The average Bonchev–Trinajstić information content (AvgIpc) is 2.80. The van der Waals surface area contributed by atoms with Crippen molar-refractivity contribution in [1.82, 2.24) is 15.5 Å². The van der Waals surface area contributed by atoms with Crippen molar-refractivity contribution < 1.29 is 9.84 Å². The van der Waals surface area contributed by atoms with Gasteiger partial charge in [0.25, 0.3) is 0 Å². The zero-order valence-electron chi connectivity index (χ0n) is 19.3. The average molecular weight is 553 g/mol. The van der Waals surface area contributed by atoms with Crippen LogP contribution in [-0.2, 0) is 19.5 Å². The summed E-state index contributed by atoms with van der Waals surface area (Å²) in [6.45, 7) is 7.77. The molecule has 0 unspecified atom stereocenters. The Morgan fingerprint density at radius 1 is 1.00 bits per heavy atom. The second kappa shape index (κ2) is 14.2. The summed E-state index contributed by atoms with van der Waals surface area (Å²) in [5, 5.41) is 16.4. The summed E-state index contributed by atoms with van der Waals surface area (Å²) in [6.07, 6.45) is 4.84. The molecule has 0 atom stereocenters. The van der Waals surface area contributed by atoms with E-state index >= 15 is 0 Å². The normalized spacial score (nSPS) is 14.5. The summed E-state index contributed by atoms with van der Waals surface area (Å²) in [6, 6.07) is 14.3. The van der Waals surface area contributed by atoms with Crippen LogP contribution in [-0.4, -0.2) is 49.3 Å². The van der Waals surface area contributed by atoms with Gasteiger partial charge in [0.15, 0.2) is 17.5 Å². The molecule has 2 aromatic carbocycles. The van der Waals surface area contributed by atoms with E-state index in [9.17, 15) is 5.11 Å². The quantitative estimate of drug-likeness (QED) is 0.246. The first kappa shape index (κ1) is 26.3. The number of methoxy groups -OCH3 is 1. The van der Waals surface area contributed by atoms with Gasteiger partial charge in [-0.1, -0.05) is 36.8 Å². The summed E-state index contributed by atoms with van der Waals surface area (Å²) in [5.41, 5.74) is 3.69. The number of aromatic hydroxyl groups is 1. The third-order valence-electron chi connectivity index (χ3n) is 5.59. The SMILES string of the molecule is CCNC(=NCc1ccc(CN2CCCCC2)cc1)NCCc1ccc(O)c(OC)c1.I. The largest absolute Gasteiger partial charge is 0.504 e. The molecule has 7 heteroatoms. The molecule has 0 saturated carbocycles. The molecule has 0 bridgehead atoms. The van der Waals surface area contributed by atoms with E-state index in [0.29, 0.717) is 12.3 Å². The minimum Gasteiger partial charge on any atom is -0.504 e. The van der Waals surface area contributed by atoms with Gasteiger partial charge < -0.3 is 20.5 Å². The van der Waals surface area contributed by atoms with Crippen LogP contribution in [0.15, 0.2) is 47.5 Å². The predicted octanol–water partition coefficient (Wildman–Crippen LogP) is 4.30. The Morgan fingerprint density at radius 2 is 1.69 bits per heavy atom. The van der Waals surface area contributed by atoms with Crippen LogP contribution < -0.4 is 15.4 Å². The lowest BCUT2D eigenvalue weighted by molar-refractivity contribution is 0.221. The van der Waals surface area contributed by atoms with Crippen molar-refractivity contribution in [2.24, 2.45) is 4.99 Å². The van der Waals surface area contributed by atoms with Gasteiger partial charge in [-0.3, -0.25) is 4.90 Å². The molecule has 1 aliphatic rings. The molecule has 2 aromatic rings. The highest BCUT2D eigenvalue weighted by molar-refractivity contribution is 14.0. The maximum absolute atomic E-state index is 9.72. The monoisotopic (exact) mass is 552 g/mol. The molecule has 0 amide bonds. The van der Waals surface area contributed by atoms with Crippen molar-refractivity contribution in [2.45, 2.75) is 45.7 Å². The van der Waals surface area contributed by atoms with Gasteiger partial charge >= 0.3 is 0 Å². The fraction of sp³-hybridized carbons (Fsp3) is 0.480. The number of likely N-dealkylation sites (tertiary alicyclic amines) is 1. The number of guanidine groups is 1. The second-order valence-electron chi connectivity index (χ2n) is 8.03. The molecule has 6 nitrogen and oxygen atoms in total. The second-order valence-corrected chi connectivity index (χ2v) is 8.03. The van der Waals surface area contributed by atoms with Crippen LogP contribution in [0, 0.1) is 0 Å². The summed E-state index contributed by atoms with van der Waals surface area (Å²) in [7, 11) is 1.56. The molecule has 1 fully saturated rings. The minimum atomic E-state index is 0. The lowest BCUT2D eigenvalue weighted by Gasteiger charge is -2.26. The van der Waals surface area contributed by atoms with Crippen molar-refractivity contribution in [3.8, 4) is 11.5 Å². The van der Waals surface area contributed by atoms with E-state index in [0.717, 1.165) is 37.6 Å². The number of hydrogen-bond acceptors (Lipinski definition) is 4. The van der Waals surface area contributed by atoms with Crippen molar-refractivity contribution in [3.63, 3.8) is 0 Å². The highest BCUT2D eigenvalue weighted by Crippen LogP contribution is 2.26. The number of benzene rings is 2. The Hall–Kier alpha value is -2.00. The molecule has 0 spiro atoms. The standard InChI is InChI=1S/C25H36N4O2.HI/c1-3-26-25(27-14-13-20-11-12-23(30)24(17-20)31-2)28-18-21-7-9-22(10-8-21)19-29-15-5-4-6-16-29;/h7-12,17,30H,3-6,13-16,18-19H2,1-2H3,(H2,26,27,28);1H. The number of aliphatic imine (C=N–C) groups is 1. The summed E-state index contributed by atoms with van der Waals surface area (Å²) < 4.78 is 5.18. The first-order valence-corrected chi connectivity index (χ1v) is 11.4. The maximum Gasteiger partial charge on any atom is 0.191 e. The lowest BCUT2D eigenvalue weighted by atomic mass is 10.1. The third-order valence-corrected chi connectivity index (χ3v) is 5.59. The van der Waals surface area contributed by atoms with E-state index in [4.69, 9.17) is 9.73 Å². The molecule has 1 aliphatic heterocycles. The molecule has 176 valence electrons. The number of nitrogens with zero attached hydrogens (tertiary/aromatic N) is 2. The van der Waals surface area contributed by atoms with E-state index in [2.05, 4.69) is 46.7 Å². The van der Waals surface area contributed by atoms with Crippen molar-refractivity contribution in [2.75, 3.05) is 33.3 Å². The van der Waals surface area contributed by atoms with Gasteiger partial charge in [0, 0.05) is 19.6 Å². The number of piperidine rings is 1. The van der Waals surface area contributed by atoms with E-state index in [1.165, 1.54) is 43.5 Å². The zero-order valence-corrected chi connectivity index (χ0v) is 21.6. The number of phenols is 1. The number of rotatable bonds is 9. The van der Waals surface area contributed by atoms with Crippen molar-refractivity contribution in [3.05, 3.63) is 59.2 Å². The molecule has 0 aromatic heterocycles. The van der Waals surface area contributed by atoms with Crippen molar-refractivity contribution >= 4 is 29.9 Å². The number of hydrogen-bond donors (Lipinski definition) is 3. The van der Waals surface area contributed by atoms with Gasteiger partial charge in [-0.25, -0.2) is 4.99 Å². The van der Waals surface area contributed by atoms with Crippen LogP contribution in [0.2, 0.25) is 0 Å². The van der Waals surface area contributed by atoms with Crippen LogP contribution in [0.1, 0.15) is 42.9 Å². The van der Waals surface area contributed by atoms with Gasteiger partial charge in [-0.2, -0.15) is 0 Å². The number of halogens is 1. The fourth-order valence-electron chi connectivity index (χ4n) is 3.84. The Morgan fingerprint density at radius 3 is 2.38 bits per heavy atom. The van der Waals surface area contributed by atoms with Crippen LogP contribution in [0.4, 0.5) is 0 Å². The molecule has 3 N–H and O–H groups in total. The molecule has 1 saturated heterocycles. The van der Waals surface area contributed by atoms with Gasteiger partial charge in [-0.15, -0.1) is 24.0 Å². The summed E-state index contributed by atoms with van der Waals surface area (Å²) in [4.78, 5) is 7.28. The number of ether oxygens (including phenoxy) is 1. The van der Waals surface area contributed by atoms with E-state index in [1.807, 2.05) is 12.1 Å². The smallest absolute Gasteiger partial charge is 0.191 e. The van der Waals surface area contributed by atoms with E-state index in [-0.39, 0.29) is 29.7 Å². The van der Waals surface area contributed by atoms with Gasteiger partial charge in [0.1, 0.15) is 0 Å². The Bertz CT molecular complexity index is 836. The van der Waals surface area contributed by atoms with Crippen LogP contribution in [0.5, 0.6) is 11.5 Å². The van der Waals surface area contributed by atoms with E-state index < -0.39 is 0 Å². The van der Waals surface area contributed by atoms with Gasteiger partial charge in [0.2, 0.25) is 0 Å². The van der Waals surface area contributed by atoms with Crippen LogP contribution in [0.25, 0.3) is 0 Å². The molecular formula is C25H37IN4O2. The Kier molecular flexibility index (Phi) is 11.7. The van der Waals surface area contributed by atoms with Crippen molar-refractivity contribution in [1.29, 1.82) is 0 Å². The Balaban J connectivity index is 0.00000363. The molecule has 1 heterocycles. The Labute approximate surface area is 209 Å². The summed E-state index contributed by atoms with van der Waals surface area (Å²) in [5.74, 6) is 1.48. The molecular weight excluding hydrogens is 515 g/mol. The molecule has 0 radical (unpaired) electrons. The molecule has 3 rings (SSSR count). The van der Waals surface area contributed by atoms with Crippen LogP contribution in [0.3, 0.4) is 0 Å². The van der Waals surface area contributed by atoms with Gasteiger partial charge in [0.05, 0.1) is 13.7 Å². The number of nitrogens with one attached hydrogen (secondary N) is 2. The first-order valence-electron chi connectivity index (χ1n) is 11.4. The third kappa shape index (κ3) is 8.50.